The second kappa shape index (κ2) is 7.71. The van der Waals surface area contributed by atoms with Crippen LogP contribution in [-0.2, 0) is 4.79 Å². The number of likely N-dealkylation sites (tertiary alicyclic amines) is 2. The molecule has 1 aliphatic carbocycles. The molecule has 26 heavy (non-hydrogen) atoms. The molecule has 0 radical (unpaired) electrons. The summed E-state index contributed by atoms with van der Waals surface area (Å²) in [5, 5.41) is 0. The minimum absolute atomic E-state index is 0.0893. The first-order valence-corrected chi connectivity index (χ1v) is 10.3. The highest BCUT2D eigenvalue weighted by Gasteiger charge is 2.40. The van der Waals surface area contributed by atoms with Gasteiger partial charge in [-0.25, -0.2) is 9.18 Å². The van der Waals surface area contributed by atoms with E-state index in [1.165, 1.54) is 19.3 Å². The van der Waals surface area contributed by atoms with Gasteiger partial charge in [0.05, 0.1) is 5.92 Å². The molecule has 7 heteroatoms. The fourth-order valence-corrected chi connectivity index (χ4v) is 4.56. The van der Waals surface area contributed by atoms with Crippen LogP contribution < -0.4 is 0 Å². The van der Waals surface area contributed by atoms with E-state index in [0.717, 1.165) is 38.6 Å². The molecule has 0 aromatic rings. The fourth-order valence-electron chi connectivity index (χ4n) is 4.56. The number of urea groups is 1. The minimum atomic E-state index is -0.763. The number of carbonyl (C=O) groups is 2. The number of amides is 3. The van der Waals surface area contributed by atoms with Gasteiger partial charge in [-0.2, -0.15) is 0 Å². The lowest BCUT2D eigenvalue weighted by Gasteiger charge is -2.43. The number of hydrogen-bond donors (Lipinski definition) is 0. The number of alkyl halides is 1. The second-order valence-corrected chi connectivity index (χ2v) is 8.35. The number of halogens is 1. The molecule has 1 saturated carbocycles. The molecule has 3 saturated heterocycles. The first-order chi connectivity index (χ1) is 12.6. The van der Waals surface area contributed by atoms with E-state index in [0.29, 0.717) is 39.0 Å². The van der Waals surface area contributed by atoms with Crippen LogP contribution in [0.2, 0.25) is 0 Å². The summed E-state index contributed by atoms with van der Waals surface area (Å²) in [5.74, 6) is 0.0153. The van der Waals surface area contributed by atoms with E-state index >= 15 is 0 Å². The molecule has 3 amide bonds. The van der Waals surface area contributed by atoms with Crippen molar-refractivity contribution in [2.45, 2.75) is 50.7 Å². The predicted molar refractivity (Wildman–Crippen MR) is 96.6 cm³/mol. The molecule has 0 N–H and O–H groups in total. The summed E-state index contributed by atoms with van der Waals surface area (Å²) in [7, 11) is 0. The molecular weight excluding hydrogens is 335 g/mol. The van der Waals surface area contributed by atoms with Crippen molar-refractivity contribution in [1.29, 1.82) is 0 Å². The lowest BCUT2D eigenvalue weighted by molar-refractivity contribution is -0.141. The highest BCUT2D eigenvalue weighted by Crippen LogP contribution is 2.27. The van der Waals surface area contributed by atoms with E-state index in [1.807, 2.05) is 9.80 Å². The molecule has 0 aromatic heterocycles. The van der Waals surface area contributed by atoms with Gasteiger partial charge >= 0.3 is 6.03 Å². The molecular formula is C19H31FN4O2. The van der Waals surface area contributed by atoms with Crippen LogP contribution in [0.1, 0.15) is 38.5 Å². The average molecular weight is 366 g/mol. The molecule has 4 rings (SSSR count). The number of piperidine rings is 1. The smallest absolute Gasteiger partial charge is 0.320 e. The Bertz CT molecular complexity index is 528. The zero-order chi connectivity index (χ0) is 18.1. The maximum absolute atomic E-state index is 13.2. The molecule has 0 unspecified atom stereocenters. The Labute approximate surface area is 155 Å². The van der Waals surface area contributed by atoms with Gasteiger partial charge in [0.15, 0.2) is 0 Å². The number of nitrogens with zero attached hydrogens (tertiary/aromatic N) is 4. The van der Waals surface area contributed by atoms with Crippen LogP contribution in [0.5, 0.6) is 0 Å². The Hall–Kier alpha value is -1.37. The third kappa shape index (κ3) is 3.68. The van der Waals surface area contributed by atoms with Crippen molar-refractivity contribution in [2.24, 2.45) is 5.92 Å². The maximum Gasteiger partial charge on any atom is 0.320 e. The van der Waals surface area contributed by atoms with Gasteiger partial charge in [0.25, 0.3) is 0 Å². The Morgan fingerprint density at radius 1 is 0.731 bits per heavy atom. The van der Waals surface area contributed by atoms with Crippen LogP contribution in [0.4, 0.5) is 9.18 Å². The summed E-state index contributed by atoms with van der Waals surface area (Å²) in [4.78, 5) is 33.3. The van der Waals surface area contributed by atoms with E-state index in [-0.39, 0.29) is 17.9 Å². The molecule has 0 aromatic carbocycles. The Balaban J connectivity index is 1.22. The standard InChI is InChI=1S/C19H31FN4O2/c20-16-5-9-22(10-6-16)18(25)15-13-24(14-15)19(26)23-8-2-7-21(11-12-23)17-3-1-4-17/h15-17H,1-14H2. The summed E-state index contributed by atoms with van der Waals surface area (Å²) in [6, 6.07) is 0.830. The monoisotopic (exact) mass is 366 g/mol. The van der Waals surface area contributed by atoms with Crippen molar-refractivity contribution in [3.63, 3.8) is 0 Å². The van der Waals surface area contributed by atoms with Crippen LogP contribution in [0.25, 0.3) is 0 Å². The topological polar surface area (TPSA) is 47.1 Å². The van der Waals surface area contributed by atoms with Crippen LogP contribution >= 0.6 is 0 Å². The van der Waals surface area contributed by atoms with Crippen molar-refractivity contribution >= 4 is 11.9 Å². The van der Waals surface area contributed by atoms with Gasteiger partial charge in [-0.15, -0.1) is 0 Å². The predicted octanol–water partition coefficient (Wildman–Crippen LogP) is 1.56. The lowest BCUT2D eigenvalue weighted by Crippen LogP contribution is -2.60. The van der Waals surface area contributed by atoms with Crippen LogP contribution in [-0.4, -0.2) is 96.1 Å². The second-order valence-electron chi connectivity index (χ2n) is 8.35. The summed E-state index contributed by atoms with van der Waals surface area (Å²) < 4.78 is 13.2. The lowest BCUT2D eigenvalue weighted by atomic mass is 9.91. The van der Waals surface area contributed by atoms with Gasteiger partial charge < -0.3 is 14.7 Å². The highest BCUT2D eigenvalue weighted by molar-refractivity contribution is 5.84. The molecule has 3 aliphatic heterocycles. The van der Waals surface area contributed by atoms with E-state index in [4.69, 9.17) is 0 Å². The highest BCUT2D eigenvalue weighted by atomic mass is 19.1. The molecule has 0 atom stereocenters. The van der Waals surface area contributed by atoms with Gasteiger partial charge in [-0.05, 0) is 32.1 Å². The van der Waals surface area contributed by atoms with Gasteiger partial charge in [0.2, 0.25) is 5.91 Å². The Morgan fingerprint density at radius 2 is 1.46 bits per heavy atom. The molecule has 4 fully saturated rings. The largest absolute Gasteiger partial charge is 0.342 e. The van der Waals surface area contributed by atoms with Gasteiger partial charge in [-0.3, -0.25) is 9.69 Å². The summed E-state index contributed by atoms with van der Waals surface area (Å²) in [6.07, 6.45) is 5.14. The van der Waals surface area contributed by atoms with Crippen molar-refractivity contribution in [1.82, 2.24) is 19.6 Å². The summed E-state index contributed by atoms with van der Waals surface area (Å²) in [6.45, 7) is 5.79. The normalized spacial score (nSPS) is 27.0. The van der Waals surface area contributed by atoms with Crippen LogP contribution in [0, 0.1) is 5.92 Å². The fraction of sp³-hybridized carbons (Fsp3) is 0.895. The van der Waals surface area contributed by atoms with Crippen molar-refractivity contribution < 1.29 is 14.0 Å². The molecule has 4 aliphatic rings. The third-order valence-electron chi connectivity index (χ3n) is 6.63. The van der Waals surface area contributed by atoms with Crippen LogP contribution in [0.15, 0.2) is 0 Å². The van der Waals surface area contributed by atoms with Crippen molar-refractivity contribution in [3.8, 4) is 0 Å². The number of carbonyl (C=O) groups excluding carboxylic acids is 2. The molecule has 6 nitrogen and oxygen atoms in total. The van der Waals surface area contributed by atoms with Crippen LogP contribution in [0.3, 0.4) is 0 Å². The number of rotatable bonds is 2. The maximum atomic E-state index is 13.2. The van der Waals surface area contributed by atoms with E-state index in [2.05, 4.69) is 4.90 Å². The molecule has 146 valence electrons. The van der Waals surface area contributed by atoms with Gasteiger partial charge in [0, 0.05) is 58.4 Å². The van der Waals surface area contributed by atoms with Crippen molar-refractivity contribution in [2.75, 3.05) is 52.4 Å². The van der Waals surface area contributed by atoms with E-state index < -0.39 is 6.17 Å². The summed E-state index contributed by atoms with van der Waals surface area (Å²) in [5.41, 5.74) is 0. The quantitative estimate of drug-likeness (QED) is 0.745. The zero-order valence-corrected chi connectivity index (χ0v) is 15.6. The minimum Gasteiger partial charge on any atom is -0.342 e. The number of hydrogen-bond acceptors (Lipinski definition) is 3. The molecule has 3 heterocycles. The Morgan fingerprint density at radius 3 is 2.12 bits per heavy atom. The van der Waals surface area contributed by atoms with E-state index in [1.54, 1.807) is 4.90 Å². The third-order valence-corrected chi connectivity index (χ3v) is 6.63. The Kier molecular flexibility index (Phi) is 5.34. The zero-order valence-electron chi connectivity index (χ0n) is 15.6. The first-order valence-electron chi connectivity index (χ1n) is 10.3. The summed E-state index contributed by atoms with van der Waals surface area (Å²) >= 11 is 0. The molecule has 0 spiro atoms. The average Bonchev–Trinajstić information content (AvgIpc) is 2.78. The van der Waals surface area contributed by atoms with Crippen molar-refractivity contribution in [3.05, 3.63) is 0 Å². The van der Waals surface area contributed by atoms with E-state index in [9.17, 15) is 14.0 Å². The SMILES string of the molecule is O=C(C1CN(C(=O)N2CCCN(C3CCC3)CC2)C1)N1CCC(F)CC1. The molecule has 0 bridgehead atoms. The van der Waals surface area contributed by atoms with Gasteiger partial charge in [-0.1, -0.05) is 6.42 Å². The first kappa shape index (κ1) is 18.0. The van der Waals surface area contributed by atoms with Gasteiger partial charge in [0.1, 0.15) is 6.17 Å².